The summed E-state index contributed by atoms with van der Waals surface area (Å²) < 4.78 is 0. The van der Waals surface area contributed by atoms with E-state index in [0.29, 0.717) is 12.1 Å². The Morgan fingerprint density at radius 2 is 1.93 bits per heavy atom. The van der Waals surface area contributed by atoms with Crippen LogP contribution in [0.4, 0.5) is 0 Å². The minimum Gasteiger partial charge on any atom is -0.290 e. The van der Waals surface area contributed by atoms with Crippen LogP contribution in [0.15, 0.2) is 18.2 Å². The van der Waals surface area contributed by atoms with Crippen LogP contribution in [0.25, 0.3) is 0 Å². The van der Waals surface area contributed by atoms with Gasteiger partial charge in [-0.2, -0.15) is 5.26 Å². The van der Waals surface area contributed by atoms with Gasteiger partial charge in [0.15, 0.2) is 0 Å². The third-order valence-corrected chi connectivity index (χ3v) is 3.48. The molecule has 0 amide bonds. The molecule has 1 aliphatic rings. The van der Waals surface area contributed by atoms with E-state index in [4.69, 9.17) is 5.26 Å². The lowest BCUT2D eigenvalue weighted by molar-refractivity contribution is 0.194. The average Bonchev–Trinajstić information content (AvgIpc) is 2.51. The van der Waals surface area contributed by atoms with Gasteiger partial charge in [-0.1, -0.05) is 13.0 Å². The quantitative estimate of drug-likeness (QED) is 0.696. The van der Waals surface area contributed by atoms with Crippen molar-refractivity contribution in [2.75, 3.05) is 6.54 Å². The number of fused-ring (bicyclic) bond motifs is 1. The Morgan fingerprint density at radius 1 is 1.27 bits per heavy atom. The molecule has 2 nitrogen and oxygen atoms in total. The van der Waals surface area contributed by atoms with E-state index >= 15 is 0 Å². The van der Waals surface area contributed by atoms with Crippen molar-refractivity contribution in [2.24, 2.45) is 0 Å². The highest BCUT2D eigenvalue weighted by Crippen LogP contribution is 2.41. The molecule has 1 heterocycles. The summed E-state index contributed by atoms with van der Waals surface area (Å²) in [6, 6.07) is 9.18. The standard InChI is InChI=1S/C13H16N2/c1-4-15-9(2)12-6-5-11(8-14)7-13(12)10(15)3/h5-7,9-10H,4H2,1-3H3. The molecule has 1 aliphatic heterocycles. The van der Waals surface area contributed by atoms with Gasteiger partial charge in [0.05, 0.1) is 11.6 Å². The van der Waals surface area contributed by atoms with Gasteiger partial charge in [-0.25, -0.2) is 0 Å². The molecule has 0 N–H and O–H groups in total. The van der Waals surface area contributed by atoms with E-state index < -0.39 is 0 Å². The van der Waals surface area contributed by atoms with Crippen LogP contribution in [-0.2, 0) is 0 Å². The van der Waals surface area contributed by atoms with Crippen molar-refractivity contribution in [3.05, 3.63) is 34.9 Å². The molecule has 0 bridgehead atoms. The predicted molar refractivity (Wildman–Crippen MR) is 60.4 cm³/mol. The molecule has 2 unspecified atom stereocenters. The summed E-state index contributed by atoms with van der Waals surface area (Å²) in [5.41, 5.74) is 3.47. The molecule has 0 spiro atoms. The van der Waals surface area contributed by atoms with Crippen LogP contribution >= 0.6 is 0 Å². The molecule has 2 atom stereocenters. The molecular formula is C13H16N2. The topological polar surface area (TPSA) is 27.0 Å². The first kappa shape index (κ1) is 10.2. The molecule has 1 aromatic rings. The maximum atomic E-state index is 8.88. The number of benzene rings is 1. The van der Waals surface area contributed by atoms with Crippen molar-refractivity contribution in [3.63, 3.8) is 0 Å². The minimum absolute atomic E-state index is 0.438. The van der Waals surface area contributed by atoms with Gasteiger partial charge in [0.25, 0.3) is 0 Å². The maximum Gasteiger partial charge on any atom is 0.0991 e. The lowest BCUT2D eigenvalue weighted by atomic mass is 10.0. The van der Waals surface area contributed by atoms with E-state index in [1.165, 1.54) is 11.1 Å². The zero-order valence-corrected chi connectivity index (χ0v) is 9.49. The van der Waals surface area contributed by atoms with Crippen LogP contribution in [-0.4, -0.2) is 11.4 Å². The number of hydrogen-bond donors (Lipinski definition) is 0. The highest BCUT2D eigenvalue weighted by atomic mass is 15.2. The van der Waals surface area contributed by atoms with E-state index in [1.807, 2.05) is 12.1 Å². The van der Waals surface area contributed by atoms with Crippen molar-refractivity contribution in [2.45, 2.75) is 32.9 Å². The van der Waals surface area contributed by atoms with Crippen LogP contribution in [0, 0.1) is 11.3 Å². The molecule has 0 radical (unpaired) electrons. The molecule has 0 saturated heterocycles. The first-order valence-corrected chi connectivity index (χ1v) is 5.48. The van der Waals surface area contributed by atoms with Crippen LogP contribution in [0.5, 0.6) is 0 Å². The van der Waals surface area contributed by atoms with Gasteiger partial charge in [0.1, 0.15) is 0 Å². The summed E-state index contributed by atoms with van der Waals surface area (Å²) >= 11 is 0. The Hall–Kier alpha value is -1.33. The second kappa shape index (κ2) is 3.67. The average molecular weight is 200 g/mol. The number of rotatable bonds is 1. The van der Waals surface area contributed by atoms with Crippen molar-refractivity contribution < 1.29 is 0 Å². The zero-order chi connectivity index (χ0) is 11.0. The summed E-state index contributed by atoms with van der Waals surface area (Å²) in [6.07, 6.45) is 0. The van der Waals surface area contributed by atoms with E-state index in [0.717, 1.165) is 12.1 Å². The largest absolute Gasteiger partial charge is 0.290 e. The smallest absolute Gasteiger partial charge is 0.0991 e. The second-order valence-electron chi connectivity index (χ2n) is 4.14. The highest BCUT2D eigenvalue weighted by molar-refractivity contribution is 5.43. The predicted octanol–water partition coefficient (Wildman–Crippen LogP) is 3.02. The van der Waals surface area contributed by atoms with Crippen molar-refractivity contribution in [3.8, 4) is 6.07 Å². The van der Waals surface area contributed by atoms with Crippen molar-refractivity contribution >= 4 is 0 Å². The van der Waals surface area contributed by atoms with Crippen LogP contribution < -0.4 is 0 Å². The Balaban J connectivity index is 2.49. The first-order valence-electron chi connectivity index (χ1n) is 5.48. The Bertz CT molecular complexity index is 417. The molecule has 78 valence electrons. The Morgan fingerprint density at radius 3 is 2.53 bits per heavy atom. The van der Waals surface area contributed by atoms with Gasteiger partial charge in [-0.3, -0.25) is 4.90 Å². The summed E-state index contributed by atoms with van der Waals surface area (Å²) in [5, 5.41) is 8.88. The fraction of sp³-hybridized carbons (Fsp3) is 0.462. The summed E-state index contributed by atoms with van der Waals surface area (Å²) in [7, 11) is 0. The van der Waals surface area contributed by atoms with E-state index in [2.05, 4.69) is 37.8 Å². The number of nitriles is 1. The molecule has 2 heteroatoms. The lowest BCUT2D eigenvalue weighted by Crippen LogP contribution is -2.22. The van der Waals surface area contributed by atoms with E-state index in [9.17, 15) is 0 Å². The Kier molecular flexibility index (Phi) is 2.50. The van der Waals surface area contributed by atoms with Gasteiger partial charge >= 0.3 is 0 Å². The van der Waals surface area contributed by atoms with Crippen molar-refractivity contribution in [1.29, 1.82) is 5.26 Å². The maximum absolute atomic E-state index is 8.88. The molecule has 0 aromatic heterocycles. The zero-order valence-electron chi connectivity index (χ0n) is 9.49. The molecular weight excluding hydrogens is 184 g/mol. The van der Waals surface area contributed by atoms with Gasteiger partial charge < -0.3 is 0 Å². The number of hydrogen-bond acceptors (Lipinski definition) is 2. The van der Waals surface area contributed by atoms with Gasteiger partial charge in [0, 0.05) is 12.1 Å². The SMILES string of the molecule is CCN1C(C)c2ccc(C#N)cc2C1C. The van der Waals surface area contributed by atoms with E-state index in [1.54, 1.807) is 0 Å². The summed E-state index contributed by atoms with van der Waals surface area (Å²) in [4.78, 5) is 2.45. The Labute approximate surface area is 91.1 Å². The highest BCUT2D eigenvalue weighted by Gasteiger charge is 2.31. The molecule has 0 aliphatic carbocycles. The normalized spacial score (nSPS) is 24.9. The third kappa shape index (κ3) is 1.44. The van der Waals surface area contributed by atoms with E-state index in [-0.39, 0.29) is 0 Å². The molecule has 0 saturated carbocycles. The van der Waals surface area contributed by atoms with Crippen LogP contribution in [0.1, 0.15) is 49.5 Å². The van der Waals surface area contributed by atoms with Gasteiger partial charge in [-0.05, 0) is 43.7 Å². The fourth-order valence-corrected chi connectivity index (χ4v) is 2.63. The summed E-state index contributed by atoms with van der Waals surface area (Å²) in [6.45, 7) is 7.69. The molecule has 1 aromatic carbocycles. The van der Waals surface area contributed by atoms with Gasteiger partial charge in [0.2, 0.25) is 0 Å². The summed E-state index contributed by atoms with van der Waals surface area (Å²) in [5.74, 6) is 0. The molecule has 15 heavy (non-hydrogen) atoms. The minimum atomic E-state index is 0.438. The van der Waals surface area contributed by atoms with Crippen molar-refractivity contribution in [1.82, 2.24) is 4.90 Å². The van der Waals surface area contributed by atoms with Gasteiger partial charge in [-0.15, -0.1) is 0 Å². The van der Waals surface area contributed by atoms with Crippen LogP contribution in [0.2, 0.25) is 0 Å². The molecule has 0 fully saturated rings. The third-order valence-electron chi connectivity index (χ3n) is 3.48. The monoisotopic (exact) mass is 200 g/mol. The number of nitrogens with zero attached hydrogens (tertiary/aromatic N) is 2. The molecule has 2 rings (SSSR count). The van der Waals surface area contributed by atoms with Crippen LogP contribution in [0.3, 0.4) is 0 Å². The second-order valence-corrected chi connectivity index (χ2v) is 4.14. The lowest BCUT2D eigenvalue weighted by Gasteiger charge is -2.24. The first-order chi connectivity index (χ1) is 7.19. The fourth-order valence-electron chi connectivity index (χ4n) is 2.63.